The van der Waals surface area contributed by atoms with Gasteiger partial charge in [-0.2, -0.15) is 5.10 Å². The maximum absolute atomic E-state index is 10.8. The van der Waals surface area contributed by atoms with E-state index in [1.807, 2.05) is 0 Å². The summed E-state index contributed by atoms with van der Waals surface area (Å²) in [7, 11) is 0. The van der Waals surface area contributed by atoms with E-state index in [0.717, 1.165) is 6.42 Å². The summed E-state index contributed by atoms with van der Waals surface area (Å²) >= 11 is 11.0. The van der Waals surface area contributed by atoms with Crippen molar-refractivity contribution in [2.24, 2.45) is 11.0 Å². The minimum atomic E-state index is -0.524. The van der Waals surface area contributed by atoms with Gasteiger partial charge in [-0.05, 0) is 37.0 Å². The molecule has 8 heteroatoms. The third-order valence-corrected chi connectivity index (χ3v) is 4.50. The summed E-state index contributed by atoms with van der Waals surface area (Å²) in [6.45, 7) is 2.22. The number of rotatable bonds is 4. The Labute approximate surface area is 145 Å². The Bertz CT molecular complexity index is 623. The molecule has 1 aromatic rings. The Morgan fingerprint density at radius 1 is 1.48 bits per heavy atom. The maximum Gasteiger partial charge on any atom is 0.288 e. The minimum Gasteiger partial charge on any atom is -0.358 e. The summed E-state index contributed by atoms with van der Waals surface area (Å²) in [5.41, 5.74) is 3.17. The second-order valence-corrected chi connectivity index (χ2v) is 6.50. The standard InChI is InChI=1S/C15H19ClN4O2S/c1-10-4-2-3-5-13(10)18-15(23)19-17-9-11-6-7-12(16)14(8-11)20(21)22/h6-10,13H,2-5H2,1H3,(H2,18,19,23)/b17-9-/t10-,13-/m0/s1. The van der Waals surface area contributed by atoms with Crippen molar-refractivity contribution >= 4 is 40.8 Å². The highest BCUT2D eigenvalue weighted by Crippen LogP contribution is 2.24. The molecule has 0 saturated heterocycles. The molecule has 124 valence electrons. The van der Waals surface area contributed by atoms with Gasteiger partial charge in [0.15, 0.2) is 5.11 Å². The fraction of sp³-hybridized carbons (Fsp3) is 0.467. The summed E-state index contributed by atoms with van der Waals surface area (Å²) in [5, 5.41) is 18.7. The van der Waals surface area contributed by atoms with Crippen molar-refractivity contribution in [2.45, 2.75) is 38.6 Å². The zero-order valence-corrected chi connectivity index (χ0v) is 14.4. The van der Waals surface area contributed by atoms with Crippen LogP contribution in [0.1, 0.15) is 38.2 Å². The Morgan fingerprint density at radius 2 is 2.22 bits per heavy atom. The number of halogens is 1. The van der Waals surface area contributed by atoms with Crippen molar-refractivity contribution in [3.8, 4) is 0 Å². The molecule has 1 aromatic carbocycles. The topological polar surface area (TPSA) is 79.6 Å². The number of benzene rings is 1. The third-order valence-electron chi connectivity index (χ3n) is 3.97. The average molecular weight is 355 g/mol. The average Bonchev–Trinajstić information content (AvgIpc) is 2.51. The van der Waals surface area contributed by atoms with Crippen molar-refractivity contribution in [2.75, 3.05) is 0 Å². The Morgan fingerprint density at radius 3 is 2.91 bits per heavy atom. The summed E-state index contributed by atoms with van der Waals surface area (Å²) in [5.74, 6) is 0.589. The summed E-state index contributed by atoms with van der Waals surface area (Å²) in [4.78, 5) is 10.3. The number of hydrogen-bond donors (Lipinski definition) is 2. The van der Waals surface area contributed by atoms with Crippen LogP contribution < -0.4 is 10.7 Å². The first-order valence-electron chi connectivity index (χ1n) is 7.51. The van der Waals surface area contributed by atoms with Gasteiger partial charge in [0.05, 0.1) is 11.1 Å². The zero-order chi connectivity index (χ0) is 16.8. The molecular formula is C15H19ClN4O2S. The molecule has 0 radical (unpaired) electrons. The van der Waals surface area contributed by atoms with Crippen LogP contribution in [0, 0.1) is 16.0 Å². The molecular weight excluding hydrogens is 336 g/mol. The van der Waals surface area contributed by atoms with E-state index in [2.05, 4.69) is 22.8 Å². The van der Waals surface area contributed by atoms with E-state index in [9.17, 15) is 10.1 Å². The Kier molecular flexibility index (Phi) is 6.29. The predicted octanol–water partition coefficient (Wildman–Crippen LogP) is 3.62. The third kappa shape index (κ3) is 5.14. The largest absolute Gasteiger partial charge is 0.358 e. The van der Waals surface area contributed by atoms with Crippen LogP contribution in [0.5, 0.6) is 0 Å². The molecule has 1 aliphatic carbocycles. The molecule has 0 bridgehead atoms. The first-order valence-corrected chi connectivity index (χ1v) is 8.29. The summed E-state index contributed by atoms with van der Waals surface area (Å²) in [6, 6.07) is 4.87. The van der Waals surface area contributed by atoms with Crippen LogP contribution >= 0.6 is 23.8 Å². The fourth-order valence-corrected chi connectivity index (χ4v) is 3.04. The molecule has 2 rings (SSSR count). The van der Waals surface area contributed by atoms with E-state index in [-0.39, 0.29) is 10.7 Å². The monoisotopic (exact) mass is 354 g/mol. The molecule has 0 spiro atoms. The second-order valence-electron chi connectivity index (χ2n) is 5.68. The molecule has 0 heterocycles. The van der Waals surface area contributed by atoms with Crippen LogP contribution in [0.2, 0.25) is 5.02 Å². The van der Waals surface area contributed by atoms with Gasteiger partial charge in [-0.1, -0.05) is 37.4 Å². The number of nitro benzene ring substituents is 1. The van der Waals surface area contributed by atoms with Gasteiger partial charge >= 0.3 is 0 Å². The number of hydrogen-bond acceptors (Lipinski definition) is 4. The first-order chi connectivity index (χ1) is 11.0. The first kappa shape index (κ1) is 17.6. The van der Waals surface area contributed by atoms with Crippen molar-refractivity contribution in [3.63, 3.8) is 0 Å². The molecule has 1 saturated carbocycles. The lowest BCUT2D eigenvalue weighted by Crippen LogP contribution is -2.44. The normalized spacial score (nSPS) is 21.1. The van der Waals surface area contributed by atoms with Crippen LogP contribution in [0.3, 0.4) is 0 Å². The number of hydrazone groups is 1. The van der Waals surface area contributed by atoms with Gasteiger partial charge in [-0.25, -0.2) is 0 Å². The van der Waals surface area contributed by atoms with E-state index >= 15 is 0 Å². The number of nitrogens with one attached hydrogen (secondary N) is 2. The summed E-state index contributed by atoms with van der Waals surface area (Å²) < 4.78 is 0. The maximum atomic E-state index is 10.8. The van der Waals surface area contributed by atoms with Gasteiger partial charge in [0.1, 0.15) is 5.02 Å². The van der Waals surface area contributed by atoms with Crippen LogP contribution in [-0.2, 0) is 0 Å². The molecule has 1 aliphatic rings. The number of nitrogens with zero attached hydrogens (tertiary/aromatic N) is 2. The van der Waals surface area contributed by atoms with E-state index in [1.165, 1.54) is 37.6 Å². The van der Waals surface area contributed by atoms with E-state index in [0.29, 0.717) is 22.6 Å². The van der Waals surface area contributed by atoms with Crippen molar-refractivity contribution in [1.82, 2.24) is 10.7 Å². The number of thiocarbonyl (C=S) groups is 1. The summed E-state index contributed by atoms with van der Waals surface area (Å²) in [6.07, 6.45) is 6.27. The molecule has 1 fully saturated rings. The van der Waals surface area contributed by atoms with Gasteiger partial charge in [-0.3, -0.25) is 15.5 Å². The highest BCUT2D eigenvalue weighted by Gasteiger charge is 2.21. The SMILES string of the molecule is C[C@H]1CCCC[C@@H]1NC(=S)N/N=C\c1ccc(Cl)c([N+](=O)[O-])c1. The molecule has 0 amide bonds. The van der Waals surface area contributed by atoms with Gasteiger partial charge in [0, 0.05) is 17.7 Å². The quantitative estimate of drug-likeness (QED) is 0.373. The van der Waals surface area contributed by atoms with Gasteiger partial charge < -0.3 is 5.32 Å². The molecule has 2 atom stereocenters. The zero-order valence-electron chi connectivity index (χ0n) is 12.8. The molecule has 0 unspecified atom stereocenters. The van der Waals surface area contributed by atoms with Crippen LogP contribution in [0.25, 0.3) is 0 Å². The van der Waals surface area contributed by atoms with E-state index in [4.69, 9.17) is 23.8 Å². The molecule has 0 aromatic heterocycles. The van der Waals surface area contributed by atoms with E-state index in [1.54, 1.807) is 6.07 Å². The predicted molar refractivity (Wildman–Crippen MR) is 96.0 cm³/mol. The van der Waals surface area contributed by atoms with Gasteiger partial charge in [0.25, 0.3) is 5.69 Å². The van der Waals surface area contributed by atoms with Crippen LogP contribution in [-0.4, -0.2) is 22.3 Å². The number of nitro groups is 1. The Hall–Kier alpha value is -1.73. The fourth-order valence-electron chi connectivity index (χ4n) is 2.65. The van der Waals surface area contributed by atoms with Crippen molar-refractivity contribution < 1.29 is 4.92 Å². The van der Waals surface area contributed by atoms with Crippen LogP contribution in [0.15, 0.2) is 23.3 Å². The van der Waals surface area contributed by atoms with Crippen molar-refractivity contribution in [1.29, 1.82) is 0 Å². The molecule has 0 aliphatic heterocycles. The minimum absolute atomic E-state index is 0.101. The second kappa shape index (κ2) is 8.21. The lowest BCUT2D eigenvalue weighted by Gasteiger charge is -2.30. The molecule has 6 nitrogen and oxygen atoms in total. The smallest absolute Gasteiger partial charge is 0.288 e. The van der Waals surface area contributed by atoms with Gasteiger partial charge in [0.2, 0.25) is 0 Å². The van der Waals surface area contributed by atoms with Crippen molar-refractivity contribution in [3.05, 3.63) is 38.9 Å². The Balaban J connectivity index is 1.89. The molecule has 23 heavy (non-hydrogen) atoms. The van der Waals surface area contributed by atoms with E-state index < -0.39 is 4.92 Å². The lowest BCUT2D eigenvalue weighted by molar-refractivity contribution is -0.384. The highest BCUT2D eigenvalue weighted by atomic mass is 35.5. The van der Waals surface area contributed by atoms with Gasteiger partial charge in [-0.15, -0.1) is 0 Å². The van der Waals surface area contributed by atoms with Crippen LogP contribution in [0.4, 0.5) is 5.69 Å². The lowest BCUT2D eigenvalue weighted by atomic mass is 9.86. The highest BCUT2D eigenvalue weighted by molar-refractivity contribution is 7.80. The molecule has 2 N–H and O–H groups in total.